The van der Waals surface area contributed by atoms with Crippen molar-refractivity contribution >= 4 is 5.91 Å². The fourth-order valence-corrected chi connectivity index (χ4v) is 1.42. The largest absolute Gasteiger partial charge is 0.493 e. The molecule has 0 aliphatic heterocycles. The number of rotatable bonds is 6. The Balaban J connectivity index is 2.73. The molecule has 106 valence electrons. The van der Waals surface area contributed by atoms with Crippen molar-refractivity contribution in [3.8, 4) is 5.75 Å². The molecule has 1 amide bonds. The summed E-state index contributed by atoms with van der Waals surface area (Å²) < 4.78 is 5.61. The molecule has 0 spiro atoms. The van der Waals surface area contributed by atoms with Gasteiger partial charge in [0.25, 0.3) is 5.91 Å². The lowest BCUT2D eigenvalue weighted by Crippen LogP contribution is -2.48. The number of carbonyl (C=O) groups excluding carboxylic acids is 1. The van der Waals surface area contributed by atoms with E-state index in [0.29, 0.717) is 30.4 Å². The summed E-state index contributed by atoms with van der Waals surface area (Å²) in [5.41, 5.74) is 5.78. The third-order valence-corrected chi connectivity index (χ3v) is 2.64. The zero-order valence-electron chi connectivity index (χ0n) is 12.2. The predicted octanol–water partition coefficient (Wildman–Crippen LogP) is 2.19. The van der Waals surface area contributed by atoms with Crippen LogP contribution in [0.15, 0.2) is 24.3 Å². The second-order valence-electron chi connectivity index (χ2n) is 5.77. The van der Waals surface area contributed by atoms with Gasteiger partial charge in [0.2, 0.25) is 0 Å². The Kier molecular flexibility index (Phi) is 5.36. The first kappa shape index (κ1) is 15.5. The molecule has 0 aromatic heterocycles. The van der Waals surface area contributed by atoms with E-state index in [1.165, 1.54) is 0 Å². The van der Waals surface area contributed by atoms with Crippen LogP contribution < -0.4 is 15.8 Å². The Morgan fingerprint density at radius 2 is 2.11 bits per heavy atom. The molecule has 0 radical (unpaired) electrons. The number of amides is 1. The molecule has 0 bridgehead atoms. The summed E-state index contributed by atoms with van der Waals surface area (Å²) in [6.07, 6.45) is 0. The lowest BCUT2D eigenvalue weighted by molar-refractivity contribution is 0.0915. The molecule has 19 heavy (non-hydrogen) atoms. The molecule has 0 unspecified atom stereocenters. The fraction of sp³-hybridized carbons (Fsp3) is 0.533. The van der Waals surface area contributed by atoms with Gasteiger partial charge in [0.15, 0.2) is 0 Å². The minimum Gasteiger partial charge on any atom is -0.493 e. The first-order valence-electron chi connectivity index (χ1n) is 6.59. The Morgan fingerprint density at radius 1 is 1.42 bits per heavy atom. The highest BCUT2D eigenvalue weighted by atomic mass is 16.5. The SMILES string of the molecule is CC(C)COc1cccc(C(=O)NC(C)(C)CN)c1. The van der Waals surface area contributed by atoms with Crippen molar-refractivity contribution in [1.29, 1.82) is 0 Å². The molecule has 0 heterocycles. The number of carbonyl (C=O) groups is 1. The Morgan fingerprint density at radius 3 is 2.68 bits per heavy atom. The van der Waals surface area contributed by atoms with Crippen LogP contribution in [-0.2, 0) is 0 Å². The van der Waals surface area contributed by atoms with Crippen LogP contribution in [0.5, 0.6) is 5.75 Å². The van der Waals surface area contributed by atoms with Crippen LogP contribution >= 0.6 is 0 Å². The number of ether oxygens (including phenoxy) is 1. The number of hydrogen-bond acceptors (Lipinski definition) is 3. The summed E-state index contributed by atoms with van der Waals surface area (Å²) in [7, 11) is 0. The van der Waals surface area contributed by atoms with Crippen LogP contribution in [0, 0.1) is 5.92 Å². The third kappa shape index (κ3) is 5.30. The number of hydrogen-bond donors (Lipinski definition) is 2. The third-order valence-electron chi connectivity index (χ3n) is 2.64. The van der Waals surface area contributed by atoms with E-state index in [9.17, 15) is 4.79 Å². The van der Waals surface area contributed by atoms with E-state index < -0.39 is 5.54 Å². The molecule has 4 nitrogen and oxygen atoms in total. The molecule has 0 saturated carbocycles. The summed E-state index contributed by atoms with van der Waals surface area (Å²) in [6, 6.07) is 7.20. The van der Waals surface area contributed by atoms with Crippen molar-refractivity contribution in [3.05, 3.63) is 29.8 Å². The zero-order chi connectivity index (χ0) is 14.5. The molecule has 0 fully saturated rings. The lowest BCUT2D eigenvalue weighted by atomic mass is 10.1. The molecule has 0 atom stereocenters. The van der Waals surface area contributed by atoms with Crippen LogP contribution in [0.25, 0.3) is 0 Å². The van der Waals surface area contributed by atoms with E-state index in [1.54, 1.807) is 12.1 Å². The second-order valence-corrected chi connectivity index (χ2v) is 5.77. The fourth-order valence-electron chi connectivity index (χ4n) is 1.42. The average molecular weight is 264 g/mol. The van der Waals surface area contributed by atoms with E-state index in [1.807, 2.05) is 26.0 Å². The topological polar surface area (TPSA) is 64.3 Å². The molecular formula is C15H24N2O2. The van der Waals surface area contributed by atoms with Gasteiger partial charge in [-0.05, 0) is 38.0 Å². The van der Waals surface area contributed by atoms with Gasteiger partial charge in [0, 0.05) is 17.6 Å². The van der Waals surface area contributed by atoms with Crippen LogP contribution in [0.4, 0.5) is 0 Å². The van der Waals surface area contributed by atoms with Gasteiger partial charge in [-0.1, -0.05) is 19.9 Å². The van der Waals surface area contributed by atoms with Crippen molar-refractivity contribution in [2.24, 2.45) is 11.7 Å². The normalized spacial score (nSPS) is 11.5. The highest BCUT2D eigenvalue weighted by molar-refractivity contribution is 5.95. The molecule has 0 aliphatic carbocycles. The van der Waals surface area contributed by atoms with E-state index in [2.05, 4.69) is 19.2 Å². The number of nitrogens with two attached hydrogens (primary N) is 1. The second kappa shape index (κ2) is 6.57. The molecule has 3 N–H and O–H groups in total. The summed E-state index contributed by atoms with van der Waals surface area (Å²) in [6.45, 7) is 8.98. The molecule has 0 aliphatic rings. The smallest absolute Gasteiger partial charge is 0.251 e. The molecule has 1 aromatic rings. The predicted molar refractivity (Wildman–Crippen MR) is 77.4 cm³/mol. The maximum atomic E-state index is 12.1. The molecule has 4 heteroatoms. The summed E-state index contributed by atoms with van der Waals surface area (Å²) >= 11 is 0. The van der Waals surface area contributed by atoms with Crippen LogP contribution in [0.3, 0.4) is 0 Å². The molecule has 1 rings (SSSR count). The lowest BCUT2D eigenvalue weighted by Gasteiger charge is -2.24. The zero-order valence-corrected chi connectivity index (χ0v) is 12.2. The minimum atomic E-state index is -0.411. The van der Waals surface area contributed by atoms with Gasteiger partial charge in [-0.3, -0.25) is 4.79 Å². The van der Waals surface area contributed by atoms with Gasteiger partial charge >= 0.3 is 0 Å². The standard InChI is InChI=1S/C15H24N2O2/c1-11(2)9-19-13-7-5-6-12(8-13)14(18)17-15(3,4)10-16/h5-8,11H,9-10,16H2,1-4H3,(H,17,18). The van der Waals surface area contributed by atoms with E-state index in [-0.39, 0.29) is 5.91 Å². The van der Waals surface area contributed by atoms with Crippen molar-refractivity contribution in [3.63, 3.8) is 0 Å². The van der Waals surface area contributed by atoms with Crippen molar-refractivity contribution in [1.82, 2.24) is 5.32 Å². The van der Waals surface area contributed by atoms with Gasteiger partial charge in [0.05, 0.1) is 6.61 Å². The molecule has 0 saturated heterocycles. The van der Waals surface area contributed by atoms with Gasteiger partial charge in [0.1, 0.15) is 5.75 Å². The van der Waals surface area contributed by atoms with E-state index in [4.69, 9.17) is 10.5 Å². The van der Waals surface area contributed by atoms with Crippen LogP contribution in [0.2, 0.25) is 0 Å². The van der Waals surface area contributed by atoms with Gasteiger partial charge < -0.3 is 15.8 Å². The van der Waals surface area contributed by atoms with Crippen molar-refractivity contribution in [2.45, 2.75) is 33.2 Å². The monoisotopic (exact) mass is 264 g/mol. The summed E-state index contributed by atoms with van der Waals surface area (Å²) in [5, 5.41) is 2.89. The van der Waals surface area contributed by atoms with E-state index >= 15 is 0 Å². The average Bonchev–Trinajstić information content (AvgIpc) is 2.36. The first-order valence-corrected chi connectivity index (χ1v) is 6.59. The molecule has 1 aromatic carbocycles. The summed E-state index contributed by atoms with van der Waals surface area (Å²) in [5.74, 6) is 1.03. The number of nitrogens with one attached hydrogen (secondary N) is 1. The van der Waals surface area contributed by atoms with Crippen LogP contribution in [0.1, 0.15) is 38.1 Å². The molecular weight excluding hydrogens is 240 g/mol. The Hall–Kier alpha value is -1.55. The highest BCUT2D eigenvalue weighted by Gasteiger charge is 2.19. The maximum Gasteiger partial charge on any atom is 0.251 e. The van der Waals surface area contributed by atoms with Crippen LogP contribution in [-0.4, -0.2) is 24.6 Å². The quantitative estimate of drug-likeness (QED) is 0.827. The minimum absolute atomic E-state index is 0.134. The van der Waals surface area contributed by atoms with Crippen molar-refractivity contribution in [2.75, 3.05) is 13.2 Å². The Bertz CT molecular complexity index is 428. The van der Waals surface area contributed by atoms with E-state index in [0.717, 1.165) is 0 Å². The maximum absolute atomic E-state index is 12.1. The van der Waals surface area contributed by atoms with Gasteiger partial charge in [-0.15, -0.1) is 0 Å². The number of benzene rings is 1. The van der Waals surface area contributed by atoms with Crippen molar-refractivity contribution < 1.29 is 9.53 Å². The van der Waals surface area contributed by atoms with Gasteiger partial charge in [-0.2, -0.15) is 0 Å². The summed E-state index contributed by atoms with van der Waals surface area (Å²) in [4.78, 5) is 12.1. The Labute approximate surface area is 115 Å². The van der Waals surface area contributed by atoms with Gasteiger partial charge in [-0.25, -0.2) is 0 Å². The highest BCUT2D eigenvalue weighted by Crippen LogP contribution is 2.15. The first-order chi connectivity index (χ1) is 8.84.